The molecule has 7 heteroatoms. The number of carbonyl (C=O) groups excluding carboxylic acids is 1. The van der Waals surface area contributed by atoms with Gasteiger partial charge in [-0.15, -0.1) is 11.8 Å². The van der Waals surface area contributed by atoms with Gasteiger partial charge in [-0.05, 0) is 61.9 Å². The normalized spacial score (nSPS) is 11.1. The molecule has 0 fully saturated rings. The summed E-state index contributed by atoms with van der Waals surface area (Å²) in [6, 6.07) is 20.9. The Hall–Kier alpha value is -2.77. The molecule has 0 atom stereocenters. The fourth-order valence-electron chi connectivity index (χ4n) is 2.64. The van der Waals surface area contributed by atoms with Gasteiger partial charge in [0.25, 0.3) is 10.0 Å². The molecule has 3 aromatic rings. The molecule has 0 bridgehead atoms. The van der Waals surface area contributed by atoms with Crippen molar-refractivity contribution < 1.29 is 13.2 Å². The lowest BCUT2D eigenvalue weighted by molar-refractivity contribution is -0.113. The molecule has 0 aromatic heterocycles. The number of anilines is 2. The minimum Gasteiger partial charge on any atom is -0.325 e. The SMILES string of the molecule is Cc1ccc(C)c(SCC(=O)Nc2ccc(S(=O)(=O)Nc3ccccc3)cc2)c1. The highest BCUT2D eigenvalue weighted by molar-refractivity contribution is 8.00. The van der Waals surface area contributed by atoms with Gasteiger partial charge in [0.2, 0.25) is 5.91 Å². The van der Waals surface area contributed by atoms with E-state index in [0.29, 0.717) is 11.4 Å². The first-order chi connectivity index (χ1) is 13.8. The fraction of sp³-hybridized carbons (Fsp3) is 0.136. The van der Waals surface area contributed by atoms with Crippen LogP contribution < -0.4 is 10.0 Å². The molecule has 3 rings (SSSR count). The zero-order valence-corrected chi connectivity index (χ0v) is 17.8. The van der Waals surface area contributed by atoms with Crippen LogP contribution in [0.25, 0.3) is 0 Å². The van der Waals surface area contributed by atoms with Crippen molar-refractivity contribution in [2.75, 3.05) is 15.8 Å². The summed E-state index contributed by atoms with van der Waals surface area (Å²) in [7, 11) is -3.68. The Kier molecular flexibility index (Phi) is 6.61. The molecule has 0 spiro atoms. The largest absolute Gasteiger partial charge is 0.325 e. The summed E-state index contributed by atoms with van der Waals surface area (Å²) in [5.74, 6) is 0.133. The lowest BCUT2D eigenvalue weighted by Gasteiger charge is -2.10. The molecule has 0 radical (unpaired) electrons. The molecular formula is C22H22N2O3S2. The van der Waals surface area contributed by atoms with Crippen LogP contribution in [0, 0.1) is 13.8 Å². The van der Waals surface area contributed by atoms with Gasteiger partial charge in [-0.3, -0.25) is 9.52 Å². The third kappa shape index (κ3) is 5.85. The molecule has 0 unspecified atom stereocenters. The van der Waals surface area contributed by atoms with Gasteiger partial charge in [-0.1, -0.05) is 35.9 Å². The van der Waals surface area contributed by atoms with E-state index in [1.807, 2.05) is 32.0 Å². The van der Waals surface area contributed by atoms with Crippen molar-refractivity contribution >= 4 is 39.1 Å². The van der Waals surface area contributed by atoms with E-state index in [2.05, 4.69) is 16.1 Å². The maximum atomic E-state index is 12.5. The summed E-state index contributed by atoms with van der Waals surface area (Å²) in [6.45, 7) is 4.04. The number of hydrogen-bond donors (Lipinski definition) is 2. The van der Waals surface area contributed by atoms with Crippen LogP contribution in [0.2, 0.25) is 0 Å². The second kappa shape index (κ2) is 9.15. The number of nitrogens with one attached hydrogen (secondary N) is 2. The van der Waals surface area contributed by atoms with E-state index in [-0.39, 0.29) is 16.6 Å². The molecule has 0 aliphatic heterocycles. The first-order valence-electron chi connectivity index (χ1n) is 9.01. The molecule has 5 nitrogen and oxygen atoms in total. The van der Waals surface area contributed by atoms with Crippen molar-refractivity contribution in [3.63, 3.8) is 0 Å². The lowest BCUT2D eigenvalue weighted by Crippen LogP contribution is -2.15. The monoisotopic (exact) mass is 426 g/mol. The maximum absolute atomic E-state index is 12.5. The predicted octanol–water partition coefficient (Wildman–Crippen LogP) is 4.84. The second-order valence-corrected chi connectivity index (χ2v) is 9.30. The van der Waals surface area contributed by atoms with Crippen LogP contribution in [-0.4, -0.2) is 20.1 Å². The van der Waals surface area contributed by atoms with Gasteiger partial charge in [-0.25, -0.2) is 8.42 Å². The number of carbonyl (C=O) groups is 1. The van der Waals surface area contributed by atoms with E-state index >= 15 is 0 Å². The zero-order chi connectivity index (χ0) is 20.9. The number of hydrogen-bond acceptors (Lipinski definition) is 4. The molecule has 2 N–H and O–H groups in total. The average Bonchev–Trinajstić information content (AvgIpc) is 2.69. The summed E-state index contributed by atoms with van der Waals surface area (Å²) in [5.41, 5.74) is 3.33. The first-order valence-corrected chi connectivity index (χ1v) is 11.5. The number of aryl methyl sites for hydroxylation is 2. The number of para-hydroxylation sites is 1. The Morgan fingerprint density at radius 1 is 0.897 bits per heavy atom. The Labute approximate surface area is 175 Å². The first kappa shape index (κ1) is 21.0. The van der Waals surface area contributed by atoms with Crippen molar-refractivity contribution in [1.29, 1.82) is 0 Å². The Bertz CT molecular complexity index is 1100. The average molecular weight is 427 g/mol. The number of thioether (sulfide) groups is 1. The number of amides is 1. The van der Waals surface area contributed by atoms with Crippen molar-refractivity contribution in [2.45, 2.75) is 23.6 Å². The lowest BCUT2D eigenvalue weighted by atomic mass is 10.2. The van der Waals surface area contributed by atoms with E-state index in [1.165, 1.54) is 23.9 Å². The summed E-state index contributed by atoms with van der Waals surface area (Å²) in [6.07, 6.45) is 0. The van der Waals surface area contributed by atoms with E-state index in [1.54, 1.807) is 36.4 Å². The van der Waals surface area contributed by atoms with E-state index in [9.17, 15) is 13.2 Å². The van der Waals surface area contributed by atoms with Crippen molar-refractivity contribution in [2.24, 2.45) is 0 Å². The number of sulfonamides is 1. The Morgan fingerprint density at radius 3 is 2.28 bits per heavy atom. The van der Waals surface area contributed by atoms with Crippen molar-refractivity contribution in [3.05, 3.63) is 83.9 Å². The molecule has 150 valence electrons. The third-order valence-electron chi connectivity index (χ3n) is 4.18. The highest BCUT2D eigenvalue weighted by Gasteiger charge is 2.14. The highest BCUT2D eigenvalue weighted by Crippen LogP contribution is 2.24. The Balaban J connectivity index is 1.60. The summed E-state index contributed by atoms with van der Waals surface area (Å²) in [5, 5.41) is 2.80. The van der Waals surface area contributed by atoms with Crippen molar-refractivity contribution in [3.8, 4) is 0 Å². The van der Waals surface area contributed by atoms with E-state index in [4.69, 9.17) is 0 Å². The molecule has 0 heterocycles. The fourth-order valence-corrected chi connectivity index (χ4v) is 4.62. The number of rotatable bonds is 7. The van der Waals surface area contributed by atoms with Gasteiger partial charge in [0.15, 0.2) is 0 Å². The van der Waals surface area contributed by atoms with Gasteiger partial charge in [0.05, 0.1) is 10.6 Å². The molecule has 1 amide bonds. The van der Waals surface area contributed by atoms with Crippen molar-refractivity contribution in [1.82, 2.24) is 0 Å². The zero-order valence-electron chi connectivity index (χ0n) is 16.2. The summed E-state index contributed by atoms with van der Waals surface area (Å²) >= 11 is 1.48. The second-order valence-electron chi connectivity index (χ2n) is 6.60. The topological polar surface area (TPSA) is 75.3 Å². The molecule has 0 saturated heterocycles. The molecule has 29 heavy (non-hydrogen) atoms. The molecule has 3 aromatic carbocycles. The molecular weight excluding hydrogens is 404 g/mol. The van der Waals surface area contributed by atoms with Gasteiger partial charge in [0, 0.05) is 16.3 Å². The van der Waals surface area contributed by atoms with E-state index in [0.717, 1.165) is 16.0 Å². The standard InChI is InChI=1S/C22H22N2O3S2/c1-16-8-9-17(2)21(14-16)28-15-22(25)23-18-10-12-20(13-11-18)29(26,27)24-19-6-4-3-5-7-19/h3-14,24H,15H2,1-2H3,(H,23,25). The quantitative estimate of drug-likeness (QED) is 0.531. The van der Waals surface area contributed by atoms with Crippen LogP contribution in [0.4, 0.5) is 11.4 Å². The predicted molar refractivity (Wildman–Crippen MR) is 119 cm³/mol. The molecule has 0 aliphatic rings. The van der Waals surface area contributed by atoms with Gasteiger partial charge < -0.3 is 5.32 Å². The summed E-state index contributed by atoms with van der Waals surface area (Å²) in [4.78, 5) is 13.4. The van der Waals surface area contributed by atoms with Crippen LogP contribution in [-0.2, 0) is 14.8 Å². The van der Waals surface area contributed by atoms with Crippen LogP contribution >= 0.6 is 11.8 Å². The molecule has 0 saturated carbocycles. The number of benzene rings is 3. The van der Waals surface area contributed by atoms with Gasteiger partial charge >= 0.3 is 0 Å². The molecule has 0 aliphatic carbocycles. The van der Waals surface area contributed by atoms with E-state index < -0.39 is 10.0 Å². The minimum atomic E-state index is -3.68. The Morgan fingerprint density at radius 2 is 1.59 bits per heavy atom. The van der Waals surface area contributed by atoms with Crippen LogP contribution in [0.5, 0.6) is 0 Å². The summed E-state index contributed by atoms with van der Waals surface area (Å²) < 4.78 is 27.4. The van der Waals surface area contributed by atoms with Crippen LogP contribution in [0.3, 0.4) is 0 Å². The van der Waals surface area contributed by atoms with Crippen LogP contribution in [0.15, 0.2) is 82.6 Å². The van der Waals surface area contributed by atoms with Gasteiger partial charge in [-0.2, -0.15) is 0 Å². The minimum absolute atomic E-state index is 0.129. The maximum Gasteiger partial charge on any atom is 0.261 e. The third-order valence-corrected chi connectivity index (χ3v) is 6.73. The van der Waals surface area contributed by atoms with Crippen LogP contribution in [0.1, 0.15) is 11.1 Å². The smallest absolute Gasteiger partial charge is 0.261 e. The van der Waals surface area contributed by atoms with Gasteiger partial charge in [0.1, 0.15) is 0 Å². The highest BCUT2D eigenvalue weighted by atomic mass is 32.2.